The zero-order valence-corrected chi connectivity index (χ0v) is 6.45. The molecule has 0 aromatic carbocycles. The maximum atomic E-state index is 8.23. The van der Waals surface area contributed by atoms with E-state index < -0.39 is 0 Å². The highest BCUT2D eigenvalue weighted by Crippen LogP contribution is 1.94. The first kappa shape index (κ1) is 9.79. The van der Waals surface area contributed by atoms with Crippen molar-refractivity contribution in [1.82, 2.24) is 0 Å². The van der Waals surface area contributed by atoms with E-state index in [0.29, 0.717) is 6.61 Å². The number of oxime groups is 1. The fraction of sp³-hybridized carbons (Fsp3) is 0.571. The van der Waals surface area contributed by atoms with E-state index in [1.807, 2.05) is 0 Å². The summed E-state index contributed by atoms with van der Waals surface area (Å²) in [6, 6.07) is 0. The standard InChI is InChI=1S/C7H12N2O2/c1-3-4-11-5-6(2)7(8)9-10/h1,6,10H,4-5H2,2H3,(H2,8,9). The molecule has 0 heterocycles. The van der Waals surface area contributed by atoms with Crippen molar-refractivity contribution in [3.05, 3.63) is 0 Å². The Hall–Kier alpha value is -1.21. The molecule has 0 rings (SSSR count). The van der Waals surface area contributed by atoms with Crippen LogP contribution in [0.3, 0.4) is 0 Å². The summed E-state index contributed by atoms with van der Waals surface area (Å²) in [5, 5.41) is 11.1. The van der Waals surface area contributed by atoms with E-state index >= 15 is 0 Å². The van der Waals surface area contributed by atoms with Crippen LogP contribution in [0.4, 0.5) is 0 Å². The molecule has 0 aliphatic carbocycles. The molecule has 1 atom stereocenters. The zero-order valence-electron chi connectivity index (χ0n) is 6.45. The number of amidine groups is 1. The largest absolute Gasteiger partial charge is 0.409 e. The van der Waals surface area contributed by atoms with Gasteiger partial charge < -0.3 is 15.7 Å². The lowest BCUT2D eigenvalue weighted by Gasteiger charge is -2.07. The second-order valence-corrected chi connectivity index (χ2v) is 2.15. The SMILES string of the molecule is C#CCOCC(C)C(N)=NO. The fourth-order valence-corrected chi connectivity index (χ4v) is 0.479. The van der Waals surface area contributed by atoms with Crippen molar-refractivity contribution in [2.45, 2.75) is 6.92 Å². The van der Waals surface area contributed by atoms with Crippen molar-refractivity contribution in [2.75, 3.05) is 13.2 Å². The molecule has 62 valence electrons. The molecule has 0 amide bonds. The predicted molar refractivity (Wildman–Crippen MR) is 42.2 cm³/mol. The van der Waals surface area contributed by atoms with E-state index in [1.54, 1.807) is 6.92 Å². The average molecular weight is 156 g/mol. The Kier molecular flexibility index (Phi) is 4.95. The Labute approximate surface area is 66.0 Å². The fourth-order valence-electron chi connectivity index (χ4n) is 0.479. The third-order valence-electron chi connectivity index (χ3n) is 1.17. The highest BCUT2D eigenvalue weighted by Gasteiger charge is 2.06. The van der Waals surface area contributed by atoms with Crippen LogP contribution in [0.5, 0.6) is 0 Å². The molecule has 0 bridgehead atoms. The number of nitrogens with zero attached hydrogens (tertiary/aromatic N) is 1. The summed E-state index contributed by atoms with van der Waals surface area (Å²) < 4.78 is 4.96. The Balaban J connectivity index is 3.54. The summed E-state index contributed by atoms with van der Waals surface area (Å²) >= 11 is 0. The van der Waals surface area contributed by atoms with Gasteiger partial charge in [0.1, 0.15) is 12.4 Å². The van der Waals surface area contributed by atoms with Crippen molar-refractivity contribution in [1.29, 1.82) is 0 Å². The van der Waals surface area contributed by atoms with E-state index in [-0.39, 0.29) is 18.4 Å². The molecule has 0 radical (unpaired) electrons. The van der Waals surface area contributed by atoms with E-state index in [2.05, 4.69) is 11.1 Å². The van der Waals surface area contributed by atoms with E-state index in [1.165, 1.54) is 0 Å². The topological polar surface area (TPSA) is 67.8 Å². The number of nitrogens with two attached hydrogens (primary N) is 1. The normalized spacial score (nSPS) is 14.0. The number of rotatable bonds is 4. The summed E-state index contributed by atoms with van der Waals surface area (Å²) in [6.07, 6.45) is 4.94. The Morgan fingerprint density at radius 3 is 3.00 bits per heavy atom. The summed E-state index contributed by atoms with van der Waals surface area (Å²) in [5.41, 5.74) is 5.27. The molecule has 0 saturated carbocycles. The smallest absolute Gasteiger partial charge is 0.144 e. The molecule has 0 fully saturated rings. The van der Waals surface area contributed by atoms with Crippen LogP contribution in [0.2, 0.25) is 0 Å². The van der Waals surface area contributed by atoms with Crippen molar-refractivity contribution in [3.63, 3.8) is 0 Å². The second-order valence-electron chi connectivity index (χ2n) is 2.15. The summed E-state index contributed by atoms with van der Waals surface area (Å²) in [7, 11) is 0. The molecular formula is C7H12N2O2. The van der Waals surface area contributed by atoms with Crippen LogP contribution in [-0.4, -0.2) is 24.3 Å². The van der Waals surface area contributed by atoms with Crippen LogP contribution < -0.4 is 5.73 Å². The van der Waals surface area contributed by atoms with E-state index in [4.69, 9.17) is 22.1 Å². The van der Waals surface area contributed by atoms with Gasteiger partial charge in [-0.2, -0.15) is 0 Å². The molecule has 3 N–H and O–H groups in total. The van der Waals surface area contributed by atoms with Gasteiger partial charge in [-0.3, -0.25) is 0 Å². The summed E-state index contributed by atoms with van der Waals surface area (Å²) in [5.74, 6) is 2.37. The molecule has 4 nitrogen and oxygen atoms in total. The van der Waals surface area contributed by atoms with Crippen LogP contribution in [0.25, 0.3) is 0 Å². The summed E-state index contributed by atoms with van der Waals surface area (Å²) in [4.78, 5) is 0. The molecule has 0 aromatic heterocycles. The minimum absolute atomic E-state index is 0.103. The Morgan fingerprint density at radius 2 is 2.55 bits per heavy atom. The van der Waals surface area contributed by atoms with Crippen molar-refractivity contribution in [3.8, 4) is 12.3 Å². The molecule has 0 saturated heterocycles. The monoisotopic (exact) mass is 156 g/mol. The highest BCUT2D eigenvalue weighted by molar-refractivity contribution is 5.81. The van der Waals surface area contributed by atoms with Gasteiger partial charge in [0.25, 0.3) is 0 Å². The van der Waals surface area contributed by atoms with Crippen LogP contribution >= 0.6 is 0 Å². The van der Waals surface area contributed by atoms with E-state index in [0.717, 1.165) is 0 Å². The lowest BCUT2D eigenvalue weighted by Crippen LogP contribution is -2.25. The minimum atomic E-state index is -0.103. The number of hydrogen-bond acceptors (Lipinski definition) is 3. The number of terminal acetylenes is 1. The first-order valence-electron chi connectivity index (χ1n) is 3.21. The summed E-state index contributed by atoms with van der Waals surface area (Å²) in [6.45, 7) is 2.41. The minimum Gasteiger partial charge on any atom is -0.409 e. The molecule has 1 unspecified atom stereocenters. The van der Waals surface area contributed by atoms with Gasteiger partial charge >= 0.3 is 0 Å². The Morgan fingerprint density at radius 1 is 1.91 bits per heavy atom. The molecule has 0 aliphatic heterocycles. The second kappa shape index (κ2) is 5.57. The van der Waals surface area contributed by atoms with Crippen LogP contribution in [-0.2, 0) is 4.74 Å². The molecule has 0 spiro atoms. The molecule has 4 heteroatoms. The van der Waals surface area contributed by atoms with Gasteiger partial charge in [0.15, 0.2) is 0 Å². The molecule has 0 aromatic rings. The van der Waals surface area contributed by atoms with Gasteiger partial charge in [-0.1, -0.05) is 18.0 Å². The maximum absolute atomic E-state index is 8.23. The van der Waals surface area contributed by atoms with Gasteiger partial charge in [-0.05, 0) is 0 Å². The molecule has 11 heavy (non-hydrogen) atoms. The molecular weight excluding hydrogens is 144 g/mol. The third kappa shape index (κ3) is 4.23. The predicted octanol–water partition coefficient (Wildman–Crippen LogP) is 0.0187. The lowest BCUT2D eigenvalue weighted by molar-refractivity contribution is 0.150. The maximum Gasteiger partial charge on any atom is 0.144 e. The van der Waals surface area contributed by atoms with Gasteiger partial charge in [-0.15, -0.1) is 6.42 Å². The van der Waals surface area contributed by atoms with Crippen molar-refractivity contribution >= 4 is 5.84 Å². The van der Waals surface area contributed by atoms with Gasteiger partial charge in [0.05, 0.1) is 6.61 Å². The lowest BCUT2D eigenvalue weighted by atomic mass is 10.2. The van der Waals surface area contributed by atoms with Crippen LogP contribution in [0.1, 0.15) is 6.92 Å². The van der Waals surface area contributed by atoms with Gasteiger partial charge in [0, 0.05) is 5.92 Å². The average Bonchev–Trinajstić information content (AvgIpc) is 2.03. The third-order valence-corrected chi connectivity index (χ3v) is 1.17. The quantitative estimate of drug-likeness (QED) is 0.150. The zero-order chi connectivity index (χ0) is 8.69. The highest BCUT2D eigenvalue weighted by atomic mass is 16.5. The molecule has 0 aliphatic rings. The first-order chi connectivity index (χ1) is 5.22. The van der Waals surface area contributed by atoms with Crippen molar-refractivity contribution < 1.29 is 9.94 Å². The Bertz CT molecular complexity index is 172. The van der Waals surface area contributed by atoms with Gasteiger partial charge in [0.2, 0.25) is 0 Å². The first-order valence-corrected chi connectivity index (χ1v) is 3.21. The number of hydrogen-bond donors (Lipinski definition) is 2. The van der Waals surface area contributed by atoms with E-state index in [9.17, 15) is 0 Å². The van der Waals surface area contributed by atoms with Crippen molar-refractivity contribution in [2.24, 2.45) is 16.8 Å². The van der Waals surface area contributed by atoms with Crippen LogP contribution in [0.15, 0.2) is 5.16 Å². The van der Waals surface area contributed by atoms with Crippen LogP contribution in [0, 0.1) is 18.3 Å². The van der Waals surface area contributed by atoms with Gasteiger partial charge in [-0.25, -0.2) is 0 Å². The number of ether oxygens (including phenoxy) is 1.